The zero-order valence-corrected chi connectivity index (χ0v) is 11.9. The van der Waals surface area contributed by atoms with Gasteiger partial charge in [0.1, 0.15) is 0 Å². The summed E-state index contributed by atoms with van der Waals surface area (Å²) in [5, 5.41) is 11.6. The number of rotatable bonds is 2. The lowest BCUT2D eigenvalue weighted by molar-refractivity contribution is -0.0908. The highest BCUT2D eigenvalue weighted by molar-refractivity contribution is 6.30. The first-order valence-corrected chi connectivity index (χ1v) is 8.02. The van der Waals surface area contributed by atoms with Crippen LogP contribution in [-0.2, 0) is 0 Å². The summed E-state index contributed by atoms with van der Waals surface area (Å²) in [6.45, 7) is 0. The van der Waals surface area contributed by atoms with Crippen molar-refractivity contribution in [3.05, 3.63) is 34.9 Å². The van der Waals surface area contributed by atoms with Crippen molar-refractivity contribution in [2.24, 2.45) is 29.6 Å². The van der Waals surface area contributed by atoms with Crippen molar-refractivity contribution in [2.75, 3.05) is 0 Å². The highest BCUT2D eigenvalue weighted by Crippen LogP contribution is 2.59. The van der Waals surface area contributed by atoms with Crippen LogP contribution in [0.3, 0.4) is 0 Å². The second-order valence-electron chi connectivity index (χ2n) is 7.01. The van der Waals surface area contributed by atoms with Gasteiger partial charge in [-0.1, -0.05) is 23.7 Å². The maximum absolute atomic E-state index is 10.8. The smallest absolute Gasteiger partial charge is 0.0824 e. The van der Waals surface area contributed by atoms with Gasteiger partial charge in [-0.2, -0.15) is 0 Å². The zero-order valence-electron chi connectivity index (χ0n) is 11.1. The molecule has 5 rings (SSSR count). The fourth-order valence-electron chi connectivity index (χ4n) is 5.40. The molecule has 1 atom stereocenters. The van der Waals surface area contributed by atoms with Gasteiger partial charge in [-0.25, -0.2) is 0 Å². The van der Waals surface area contributed by atoms with Crippen LogP contribution in [0.1, 0.15) is 43.8 Å². The number of hydrogen-bond donors (Lipinski definition) is 1. The Morgan fingerprint density at radius 3 is 2.21 bits per heavy atom. The van der Waals surface area contributed by atoms with Crippen molar-refractivity contribution in [1.29, 1.82) is 0 Å². The lowest BCUT2D eigenvalue weighted by atomic mass is 9.50. The molecule has 4 aliphatic rings. The molecule has 0 aliphatic heterocycles. The molecule has 0 radical (unpaired) electrons. The zero-order chi connectivity index (χ0) is 13.0. The van der Waals surface area contributed by atoms with E-state index in [1.165, 1.54) is 32.1 Å². The van der Waals surface area contributed by atoms with E-state index in [1.54, 1.807) is 0 Å². The standard InChI is InChI=1S/C17H21ClO/c18-15-3-1-2-12(9-15)17(19)16-13-5-10-4-11(7-13)8-14(16)6-10/h1-3,9-11,13-14,16-17,19H,4-8H2. The van der Waals surface area contributed by atoms with Crippen LogP contribution >= 0.6 is 11.6 Å². The van der Waals surface area contributed by atoms with E-state index in [1.807, 2.05) is 24.3 Å². The van der Waals surface area contributed by atoms with Gasteiger partial charge in [-0.05, 0) is 79.4 Å². The van der Waals surface area contributed by atoms with Crippen LogP contribution in [0.5, 0.6) is 0 Å². The third kappa shape index (κ3) is 2.02. The molecule has 1 aromatic rings. The van der Waals surface area contributed by atoms with Gasteiger partial charge in [-0.3, -0.25) is 0 Å². The normalized spacial score (nSPS) is 41.5. The Hall–Kier alpha value is -0.530. The Morgan fingerprint density at radius 2 is 1.63 bits per heavy atom. The second kappa shape index (κ2) is 4.49. The lowest BCUT2D eigenvalue weighted by Gasteiger charge is -2.55. The molecular formula is C17H21ClO. The molecular weight excluding hydrogens is 256 g/mol. The minimum Gasteiger partial charge on any atom is -0.388 e. The van der Waals surface area contributed by atoms with Gasteiger partial charge < -0.3 is 5.11 Å². The molecule has 1 nitrogen and oxygen atoms in total. The minimum atomic E-state index is -0.311. The van der Waals surface area contributed by atoms with Crippen molar-refractivity contribution in [2.45, 2.75) is 38.2 Å². The van der Waals surface area contributed by atoms with E-state index in [2.05, 4.69) is 0 Å². The average Bonchev–Trinajstić information content (AvgIpc) is 2.37. The Kier molecular flexibility index (Phi) is 2.89. The topological polar surface area (TPSA) is 20.2 Å². The van der Waals surface area contributed by atoms with E-state index in [0.29, 0.717) is 5.92 Å². The van der Waals surface area contributed by atoms with E-state index in [4.69, 9.17) is 11.6 Å². The van der Waals surface area contributed by atoms with Crippen LogP contribution in [0.25, 0.3) is 0 Å². The maximum Gasteiger partial charge on any atom is 0.0824 e. The predicted molar refractivity (Wildman–Crippen MR) is 76.9 cm³/mol. The molecule has 0 spiro atoms. The van der Waals surface area contributed by atoms with Gasteiger partial charge >= 0.3 is 0 Å². The molecule has 102 valence electrons. The van der Waals surface area contributed by atoms with Gasteiger partial charge in [0.25, 0.3) is 0 Å². The molecule has 0 aromatic heterocycles. The summed E-state index contributed by atoms with van der Waals surface area (Å²) in [5.74, 6) is 3.91. The minimum absolute atomic E-state index is 0.311. The molecule has 0 saturated heterocycles. The Morgan fingerprint density at radius 1 is 1.00 bits per heavy atom. The van der Waals surface area contributed by atoms with Crippen molar-refractivity contribution in [1.82, 2.24) is 0 Å². The Labute approximate surface area is 120 Å². The molecule has 1 N–H and O–H groups in total. The highest BCUT2D eigenvalue weighted by Gasteiger charge is 2.50. The first kappa shape index (κ1) is 12.2. The van der Waals surface area contributed by atoms with Crippen LogP contribution in [0.15, 0.2) is 24.3 Å². The average molecular weight is 277 g/mol. The Balaban J connectivity index is 1.62. The second-order valence-corrected chi connectivity index (χ2v) is 7.44. The lowest BCUT2D eigenvalue weighted by Crippen LogP contribution is -2.47. The molecule has 0 heterocycles. The fourth-order valence-corrected chi connectivity index (χ4v) is 5.59. The molecule has 2 heteroatoms. The summed E-state index contributed by atoms with van der Waals surface area (Å²) >= 11 is 6.07. The summed E-state index contributed by atoms with van der Waals surface area (Å²) in [6.07, 6.45) is 6.58. The van der Waals surface area contributed by atoms with Crippen molar-refractivity contribution >= 4 is 11.6 Å². The number of halogens is 1. The molecule has 1 unspecified atom stereocenters. The molecule has 19 heavy (non-hydrogen) atoms. The number of aliphatic hydroxyl groups excluding tert-OH is 1. The van der Waals surface area contributed by atoms with Gasteiger partial charge in [0.2, 0.25) is 0 Å². The molecule has 4 bridgehead atoms. The van der Waals surface area contributed by atoms with E-state index in [-0.39, 0.29) is 6.10 Å². The number of aliphatic hydroxyl groups is 1. The molecule has 4 fully saturated rings. The van der Waals surface area contributed by atoms with Gasteiger partial charge in [0.15, 0.2) is 0 Å². The molecule has 4 saturated carbocycles. The van der Waals surface area contributed by atoms with Gasteiger partial charge in [-0.15, -0.1) is 0 Å². The quantitative estimate of drug-likeness (QED) is 0.846. The summed E-state index contributed by atoms with van der Waals surface area (Å²) < 4.78 is 0. The first-order valence-electron chi connectivity index (χ1n) is 7.64. The molecule has 1 aromatic carbocycles. The van der Waals surface area contributed by atoms with Crippen LogP contribution in [0.2, 0.25) is 5.02 Å². The molecule has 0 amide bonds. The summed E-state index contributed by atoms with van der Waals surface area (Å²) in [6, 6.07) is 7.81. The van der Waals surface area contributed by atoms with E-state index >= 15 is 0 Å². The Bertz CT molecular complexity index is 456. The fraction of sp³-hybridized carbons (Fsp3) is 0.647. The van der Waals surface area contributed by atoms with Crippen molar-refractivity contribution < 1.29 is 5.11 Å². The van der Waals surface area contributed by atoms with E-state index < -0.39 is 0 Å². The van der Waals surface area contributed by atoms with Crippen molar-refractivity contribution in [3.8, 4) is 0 Å². The summed E-state index contributed by atoms with van der Waals surface area (Å²) in [7, 11) is 0. The number of hydrogen-bond acceptors (Lipinski definition) is 1. The molecule has 4 aliphatic carbocycles. The summed E-state index contributed by atoms with van der Waals surface area (Å²) in [5.41, 5.74) is 1.02. The van der Waals surface area contributed by atoms with Crippen LogP contribution < -0.4 is 0 Å². The van der Waals surface area contributed by atoms with Gasteiger partial charge in [0.05, 0.1) is 6.10 Å². The maximum atomic E-state index is 10.8. The third-order valence-electron chi connectivity index (χ3n) is 5.85. The first-order chi connectivity index (χ1) is 9.20. The largest absolute Gasteiger partial charge is 0.388 e. The van der Waals surface area contributed by atoms with Gasteiger partial charge in [0, 0.05) is 5.02 Å². The monoisotopic (exact) mass is 276 g/mol. The SMILES string of the molecule is OC(c1cccc(Cl)c1)C1C2CC3CC(C2)CC1C3. The highest BCUT2D eigenvalue weighted by atomic mass is 35.5. The van der Waals surface area contributed by atoms with Crippen LogP contribution in [0.4, 0.5) is 0 Å². The number of benzene rings is 1. The van der Waals surface area contributed by atoms with E-state index in [0.717, 1.165) is 34.3 Å². The van der Waals surface area contributed by atoms with Crippen LogP contribution in [0, 0.1) is 29.6 Å². The summed E-state index contributed by atoms with van der Waals surface area (Å²) in [4.78, 5) is 0. The van der Waals surface area contributed by atoms with Crippen LogP contribution in [-0.4, -0.2) is 5.11 Å². The third-order valence-corrected chi connectivity index (χ3v) is 6.09. The van der Waals surface area contributed by atoms with Crippen molar-refractivity contribution in [3.63, 3.8) is 0 Å². The van der Waals surface area contributed by atoms with E-state index in [9.17, 15) is 5.11 Å². The predicted octanol–water partition coefficient (Wildman–Crippen LogP) is 4.45.